The quantitative estimate of drug-likeness (QED) is 0.175. The number of hydrogen-bond donors (Lipinski definition) is 0. The van der Waals surface area contributed by atoms with Gasteiger partial charge >= 0.3 is 0 Å². The van der Waals surface area contributed by atoms with Crippen molar-refractivity contribution in [2.75, 3.05) is 4.90 Å². The molecule has 0 saturated heterocycles. The van der Waals surface area contributed by atoms with Gasteiger partial charge in [0.2, 0.25) is 0 Å². The number of fused-ring (bicyclic) bond motifs is 9. The van der Waals surface area contributed by atoms with Crippen molar-refractivity contribution < 1.29 is 0 Å². The molecule has 3 nitrogen and oxygen atoms in total. The van der Waals surface area contributed by atoms with Crippen LogP contribution in [0.2, 0.25) is 0 Å². The second kappa shape index (κ2) is 11.6. The molecule has 0 radical (unpaired) electrons. The van der Waals surface area contributed by atoms with E-state index in [1.54, 1.807) is 0 Å². The van der Waals surface area contributed by atoms with Crippen molar-refractivity contribution in [3.8, 4) is 22.5 Å². The SMILES string of the molecule is CC1(C)c2ccccc2-c2cc3c(cc21)c1ccccc1n3-c1ccc2c(c1)c1cc(N(c3ccccc3)c3ccccc3)ccc1n2-c1ccccc1. The molecule has 0 unspecified atom stereocenters. The topological polar surface area (TPSA) is 13.1 Å². The van der Waals surface area contributed by atoms with Crippen LogP contribution in [0, 0.1) is 0 Å². The average molecular weight is 692 g/mol. The van der Waals surface area contributed by atoms with Crippen LogP contribution in [0.15, 0.2) is 188 Å². The molecule has 0 fully saturated rings. The maximum atomic E-state index is 2.48. The van der Waals surface area contributed by atoms with Gasteiger partial charge in [-0.25, -0.2) is 0 Å². The van der Waals surface area contributed by atoms with Crippen molar-refractivity contribution in [1.82, 2.24) is 9.13 Å². The van der Waals surface area contributed by atoms with E-state index in [9.17, 15) is 0 Å². The molecule has 54 heavy (non-hydrogen) atoms. The van der Waals surface area contributed by atoms with E-state index in [4.69, 9.17) is 0 Å². The molecule has 11 rings (SSSR count). The molecule has 10 aromatic rings. The molecule has 0 bridgehead atoms. The first-order valence-corrected chi connectivity index (χ1v) is 18.8. The Balaban J connectivity index is 1.19. The number of hydrogen-bond acceptors (Lipinski definition) is 1. The van der Waals surface area contributed by atoms with E-state index in [2.05, 4.69) is 216 Å². The fourth-order valence-electron chi connectivity index (χ4n) is 9.18. The lowest BCUT2D eigenvalue weighted by Gasteiger charge is -2.25. The highest BCUT2D eigenvalue weighted by Crippen LogP contribution is 2.51. The fourth-order valence-corrected chi connectivity index (χ4v) is 9.18. The monoisotopic (exact) mass is 691 g/mol. The molecule has 1 aliphatic carbocycles. The Hall–Kier alpha value is -6.84. The Bertz CT molecular complexity index is 3020. The molecule has 0 atom stereocenters. The van der Waals surface area contributed by atoms with E-state index in [-0.39, 0.29) is 5.41 Å². The third kappa shape index (κ3) is 4.42. The Morgan fingerprint density at radius 2 is 0.907 bits per heavy atom. The molecule has 0 amide bonds. The minimum absolute atomic E-state index is 0.0629. The van der Waals surface area contributed by atoms with Crippen LogP contribution in [0.25, 0.3) is 66.1 Å². The lowest BCUT2D eigenvalue weighted by atomic mass is 9.82. The summed E-state index contributed by atoms with van der Waals surface area (Å²) in [6.07, 6.45) is 0. The lowest BCUT2D eigenvalue weighted by molar-refractivity contribution is 0.661. The summed E-state index contributed by atoms with van der Waals surface area (Å²) in [5.41, 5.74) is 15.9. The van der Waals surface area contributed by atoms with Gasteiger partial charge in [0.1, 0.15) is 0 Å². The van der Waals surface area contributed by atoms with Crippen LogP contribution < -0.4 is 4.90 Å². The van der Waals surface area contributed by atoms with E-state index in [0.717, 1.165) is 28.4 Å². The fraction of sp³-hybridized carbons (Fsp3) is 0.0588. The van der Waals surface area contributed by atoms with E-state index in [0.29, 0.717) is 0 Å². The molecular formula is C51H37N3. The number of rotatable bonds is 5. The van der Waals surface area contributed by atoms with Gasteiger partial charge in [-0.3, -0.25) is 0 Å². The molecule has 0 spiro atoms. The van der Waals surface area contributed by atoms with Crippen LogP contribution in [0.1, 0.15) is 25.0 Å². The van der Waals surface area contributed by atoms with E-state index < -0.39 is 0 Å². The second-order valence-electron chi connectivity index (χ2n) is 15.0. The zero-order chi connectivity index (χ0) is 36.0. The molecule has 256 valence electrons. The van der Waals surface area contributed by atoms with Gasteiger partial charge in [-0.1, -0.05) is 111 Å². The summed E-state index contributed by atoms with van der Waals surface area (Å²) < 4.78 is 4.89. The standard InChI is InChI=1S/C51H37N3/c1-51(2)45-24-14-12-22-39(45)41-33-50-44(32-46(41)51)40-23-13-15-25-47(40)54(50)38-27-29-49-43(31-38)42-30-37(26-28-48(42)53(49)36-20-10-5-11-21-36)52(34-16-6-3-7-17-34)35-18-8-4-9-19-35/h3-33H,1-2H3. The molecule has 2 aromatic heterocycles. The van der Waals surface area contributed by atoms with E-state index >= 15 is 0 Å². The zero-order valence-electron chi connectivity index (χ0n) is 30.2. The molecule has 2 heterocycles. The molecular weight excluding hydrogens is 655 g/mol. The van der Waals surface area contributed by atoms with Gasteiger partial charge in [-0.2, -0.15) is 0 Å². The molecule has 0 aliphatic heterocycles. The first kappa shape index (κ1) is 30.8. The van der Waals surface area contributed by atoms with Gasteiger partial charge in [0.05, 0.1) is 22.1 Å². The number of para-hydroxylation sites is 4. The average Bonchev–Trinajstić information content (AvgIpc) is 3.81. The molecule has 0 saturated carbocycles. The number of nitrogens with zero attached hydrogens (tertiary/aromatic N) is 3. The van der Waals surface area contributed by atoms with Crippen LogP contribution in [0.4, 0.5) is 17.1 Å². The van der Waals surface area contributed by atoms with Gasteiger partial charge in [-0.05, 0) is 113 Å². The predicted molar refractivity (Wildman–Crippen MR) is 227 cm³/mol. The maximum absolute atomic E-state index is 2.48. The van der Waals surface area contributed by atoms with Crippen molar-refractivity contribution >= 4 is 60.7 Å². The molecule has 0 N–H and O–H groups in total. The lowest BCUT2D eigenvalue weighted by Crippen LogP contribution is -2.14. The first-order valence-electron chi connectivity index (χ1n) is 18.8. The zero-order valence-corrected chi connectivity index (χ0v) is 30.2. The summed E-state index contributed by atoms with van der Waals surface area (Å²) in [6.45, 7) is 4.73. The first-order chi connectivity index (χ1) is 26.6. The Labute approximate surface area is 314 Å². The molecule has 8 aromatic carbocycles. The van der Waals surface area contributed by atoms with Crippen LogP contribution in [0.5, 0.6) is 0 Å². The maximum Gasteiger partial charge on any atom is 0.0547 e. The highest BCUT2D eigenvalue weighted by Gasteiger charge is 2.36. The third-order valence-corrected chi connectivity index (χ3v) is 11.7. The summed E-state index contributed by atoms with van der Waals surface area (Å²) in [5.74, 6) is 0. The van der Waals surface area contributed by atoms with Gasteiger partial charge < -0.3 is 14.0 Å². The van der Waals surface area contributed by atoms with Gasteiger partial charge in [0, 0.05) is 55.4 Å². The van der Waals surface area contributed by atoms with E-state index in [1.807, 2.05) is 0 Å². The summed E-state index contributed by atoms with van der Waals surface area (Å²) in [6, 6.07) is 68.7. The predicted octanol–water partition coefficient (Wildman–Crippen LogP) is 13.7. The van der Waals surface area contributed by atoms with E-state index in [1.165, 1.54) is 65.9 Å². The number of benzene rings is 8. The highest BCUT2D eigenvalue weighted by atomic mass is 15.1. The van der Waals surface area contributed by atoms with Crippen molar-refractivity contribution in [1.29, 1.82) is 0 Å². The van der Waals surface area contributed by atoms with Crippen molar-refractivity contribution in [3.63, 3.8) is 0 Å². The third-order valence-electron chi connectivity index (χ3n) is 11.7. The van der Waals surface area contributed by atoms with Crippen molar-refractivity contribution in [3.05, 3.63) is 199 Å². The largest absolute Gasteiger partial charge is 0.310 e. The van der Waals surface area contributed by atoms with Crippen LogP contribution in [-0.2, 0) is 5.41 Å². The van der Waals surface area contributed by atoms with Crippen molar-refractivity contribution in [2.45, 2.75) is 19.3 Å². The molecule has 1 aliphatic rings. The van der Waals surface area contributed by atoms with Gasteiger partial charge in [-0.15, -0.1) is 0 Å². The summed E-state index contributed by atoms with van der Waals surface area (Å²) >= 11 is 0. The smallest absolute Gasteiger partial charge is 0.0547 e. The van der Waals surface area contributed by atoms with Crippen LogP contribution in [0.3, 0.4) is 0 Å². The minimum atomic E-state index is -0.0629. The van der Waals surface area contributed by atoms with Gasteiger partial charge in [0.15, 0.2) is 0 Å². The Morgan fingerprint density at radius 1 is 0.352 bits per heavy atom. The number of aromatic nitrogens is 2. The normalized spacial score (nSPS) is 13.1. The van der Waals surface area contributed by atoms with Crippen LogP contribution in [-0.4, -0.2) is 9.13 Å². The minimum Gasteiger partial charge on any atom is -0.310 e. The van der Waals surface area contributed by atoms with Crippen molar-refractivity contribution in [2.24, 2.45) is 0 Å². The highest BCUT2D eigenvalue weighted by molar-refractivity contribution is 6.14. The number of anilines is 3. The Morgan fingerprint density at radius 3 is 1.65 bits per heavy atom. The van der Waals surface area contributed by atoms with Gasteiger partial charge in [0.25, 0.3) is 0 Å². The summed E-state index contributed by atoms with van der Waals surface area (Å²) in [5, 5.41) is 4.99. The second-order valence-corrected chi connectivity index (χ2v) is 15.0. The summed E-state index contributed by atoms with van der Waals surface area (Å²) in [4.78, 5) is 2.35. The Kier molecular flexibility index (Phi) is 6.60. The molecule has 3 heteroatoms. The van der Waals surface area contributed by atoms with Crippen LogP contribution >= 0.6 is 0 Å². The summed E-state index contributed by atoms with van der Waals surface area (Å²) in [7, 11) is 0.